The zero-order valence-electron chi connectivity index (χ0n) is 11.5. The smallest absolute Gasteiger partial charge is 0.181 e. The Morgan fingerprint density at radius 3 is 2.76 bits per heavy atom. The molecule has 106 valence electrons. The number of halogens is 1. The van der Waals surface area contributed by atoms with Crippen molar-refractivity contribution >= 4 is 21.6 Å². The maximum atomic E-state index is 4.40. The summed E-state index contributed by atoms with van der Waals surface area (Å²) < 4.78 is 0.840. The number of nitrogens with zero attached hydrogens (tertiary/aromatic N) is 3. The Hall–Kier alpha value is -2.21. The zero-order valence-corrected chi connectivity index (χ0v) is 13.1. The fraction of sp³-hybridized carbons (Fsp3) is 0.133. The van der Waals surface area contributed by atoms with Crippen molar-refractivity contribution in [2.45, 2.75) is 13.5 Å². The van der Waals surface area contributed by atoms with Crippen LogP contribution in [0.3, 0.4) is 0 Å². The molecule has 0 saturated carbocycles. The summed E-state index contributed by atoms with van der Waals surface area (Å²) in [6, 6.07) is 13.9. The Kier molecular flexibility index (Phi) is 3.96. The average Bonchev–Trinajstić information content (AvgIpc) is 2.92. The van der Waals surface area contributed by atoms with E-state index in [1.165, 1.54) is 0 Å². The predicted molar refractivity (Wildman–Crippen MR) is 85.8 cm³/mol. The van der Waals surface area contributed by atoms with Gasteiger partial charge in [-0.25, -0.2) is 9.97 Å². The highest BCUT2D eigenvalue weighted by molar-refractivity contribution is 9.10. The summed E-state index contributed by atoms with van der Waals surface area (Å²) in [4.78, 5) is 8.74. The third-order valence-corrected chi connectivity index (χ3v) is 3.41. The topological polar surface area (TPSA) is 66.5 Å². The van der Waals surface area contributed by atoms with Crippen LogP contribution >= 0.6 is 15.9 Å². The van der Waals surface area contributed by atoms with Crippen molar-refractivity contribution in [3.05, 3.63) is 58.6 Å². The first kappa shape index (κ1) is 13.8. The van der Waals surface area contributed by atoms with Gasteiger partial charge in [0.2, 0.25) is 0 Å². The Labute approximate surface area is 131 Å². The highest BCUT2D eigenvalue weighted by Gasteiger charge is 2.04. The van der Waals surface area contributed by atoms with Crippen LogP contribution in [0.1, 0.15) is 11.5 Å². The van der Waals surface area contributed by atoms with Crippen LogP contribution in [0.5, 0.6) is 0 Å². The van der Waals surface area contributed by atoms with Gasteiger partial charge in [-0.1, -0.05) is 18.2 Å². The van der Waals surface area contributed by atoms with E-state index in [1.807, 2.05) is 49.4 Å². The monoisotopic (exact) mass is 343 g/mol. The lowest BCUT2D eigenvalue weighted by Crippen LogP contribution is -2.01. The fourth-order valence-corrected chi connectivity index (χ4v) is 2.36. The SMILES string of the molecule is Cc1nc(-c2cccc(NCc3cccc(Br)n3)c2)n[nH]1. The van der Waals surface area contributed by atoms with Crippen molar-refractivity contribution < 1.29 is 0 Å². The summed E-state index contributed by atoms with van der Waals surface area (Å²) >= 11 is 3.37. The number of aromatic amines is 1. The summed E-state index contributed by atoms with van der Waals surface area (Å²) in [7, 11) is 0. The van der Waals surface area contributed by atoms with Crippen LogP contribution in [0, 0.1) is 6.92 Å². The van der Waals surface area contributed by atoms with Gasteiger partial charge in [-0.05, 0) is 47.1 Å². The average molecular weight is 344 g/mol. The zero-order chi connectivity index (χ0) is 14.7. The van der Waals surface area contributed by atoms with Gasteiger partial charge in [-0.3, -0.25) is 5.10 Å². The Bertz CT molecular complexity index is 753. The number of aromatic nitrogens is 4. The van der Waals surface area contributed by atoms with Crippen LogP contribution in [0.2, 0.25) is 0 Å². The van der Waals surface area contributed by atoms with E-state index in [4.69, 9.17) is 0 Å². The van der Waals surface area contributed by atoms with Gasteiger partial charge in [0.15, 0.2) is 5.82 Å². The molecule has 3 rings (SSSR count). The first-order chi connectivity index (χ1) is 10.2. The van der Waals surface area contributed by atoms with E-state index >= 15 is 0 Å². The summed E-state index contributed by atoms with van der Waals surface area (Å²) in [6.07, 6.45) is 0. The number of hydrogen-bond acceptors (Lipinski definition) is 4. The molecule has 0 saturated heterocycles. The Balaban J connectivity index is 1.74. The molecular weight excluding hydrogens is 330 g/mol. The standard InChI is InChI=1S/C15H14BrN5/c1-10-18-15(21-20-10)11-4-2-5-12(8-11)17-9-13-6-3-7-14(16)19-13/h2-8,17H,9H2,1H3,(H,18,20,21). The summed E-state index contributed by atoms with van der Waals surface area (Å²) in [5.41, 5.74) is 2.96. The van der Waals surface area contributed by atoms with Crippen molar-refractivity contribution in [1.29, 1.82) is 0 Å². The molecular formula is C15H14BrN5. The van der Waals surface area contributed by atoms with E-state index in [2.05, 4.69) is 41.4 Å². The van der Waals surface area contributed by atoms with Crippen LogP contribution in [0.4, 0.5) is 5.69 Å². The van der Waals surface area contributed by atoms with E-state index in [0.717, 1.165) is 27.4 Å². The molecule has 0 aliphatic carbocycles. The third-order valence-electron chi connectivity index (χ3n) is 2.96. The Morgan fingerprint density at radius 1 is 1.14 bits per heavy atom. The minimum absolute atomic E-state index is 0.663. The van der Waals surface area contributed by atoms with E-state index in [0.29, 0.717) is 12.4 Å². The van der Waals surface area contributed by atoms with Crippen LogP contribution in [-0.2, 0) is 6.54 Å². The highest BCUT2D eigenvalue weighted by Crippen LogP contribution is 2.19. The van der Waals surface area contributed by atoms with Crippen LogP contribution in [-0.4, -0.2) is 20.2 Å². The van der Waals surface area contributed by atoms with Gasteiger partial charge in [-0.15, -0.1) is 0 Å². The molecule has 5 nitrogen and oxygen atoms in total. The van der Waals surface area contributed by atoms with Crippen molar-refractivity contribution in [2.75, 3.05) is 5.32 Å². The van der Waals surface area contributed by atoms with Crippen LogP contribution in [0.15, 0.2) is 47.1 Å². The van der Waals surface area contributed by atoms with Gasteiger partial charge in [0.05, 0.1) is 12.2 Å². The minimum atomic E-state index is 0.663. The summed E-state index contributed by atoms with van der Waals surface area (Å²) in [6.45, 7) is 2.55. The normalized spacial score (nSPS) is 10.6. The van der Waals surface area contributed by atoms with Crippen molar-refractivity contribution in [1.82, 2.24) is 20.2 Å². The molecule has 2 heterocycles. The molecule has 0 amide bonds. The van der Waals surface area contributed by atoms with Crippen molar-refractivity contribution in [2.24, 2.45) is 0 Å². The molecule has 0 aliphatic rings. The largest absolute Gasteiger partial charge is 0.379 e. The van der Waals surface area contributed by atoms with E-state index < -0.39 is 0 Å². The number of nitrogens with one attached hydrogen (secondary N) is 2. The maximum Gasteiger partial charge on any atom is 0.181 e. The molecule has 0 spiro atoms. The molecule has 0 bridgehead atoms. The Morgan fingerprint density at radius 2 is 2.00 bits per heavy atom. The maximum absolute atomic E-state index is 4.40. The van der Waals surface area contributed by atoms with E-state index in [-0.39, 0.29) is 0 Å². The number of pyridine rings is 1. The third kappa shape index (κ3) is 3.46. The van der Waals surface area contributed by atoms with Crippen LogP contribution < -0.4 is 5.32 Å². The quantitative estimate of drug-likeness (QED) is 0.711. The molecule has 3 aromatic rings. The number of rotatable bonds is 4. The highest BCUT2D eigenvalue weighted by atomic mass is 79.9. The van der Waals surface area contributed by atoms with Gasteiger partial charge in [0.1, 0.15) is 10.4 Å². The fourth-order valence-electron chi connectivity index (χ4n) is 1.98. The lowest BCUT2D eigenvalue weighted by Gasteiger charge is -2.07. The first-order valence-corrected chi connectivity index (χ1v) is 7.35. The predicted octanol–water partition coefficient (Wildman–Crippen LogP) is 3.55. The second kappa shape index (κ2) is 6.05. The molecule has 6 heteroatoms. The van der Waals surface area contributed by atoms with Crippen molar-refractivity contribution in [3.8, 4) is 11.4 Å². The summed E-state index contributed by atoms with van der Waals surface area (Å²) in [5, 5.41) is 10.4. The minimum Gasteiger partial charge on any atom is -0.379 e. The number of benzene rings is 1. The molecule has 0 fully saturated rings. The number of hydrogen-bond donors (Lipinski definition) is 2. The molecule has 0 radical (unpaired) electrons. The number of H-pyrrole nitrogens is 1. The molecule has 0 unspecified atom stereocenters. The molecule has 0 aliphatic heterocycles. The molecule has 1 aromatic carbocycles. The molecule has 0 atom stereocenters. The van der Waals surface area contributed by atoms with Gasteiger partial charge in [0.25, 0.3) is 0 Å². The van der Waals surface area contributed by atoms with Gasteiger partial charge >= 0.3 is 0 Å². The molecule has 2 aromatic heterocycles. The first-order valence-electron chi connectivity index (χ1n) is 6.55. The van der Waals surface area contributed by atoms with Crippen molar-refractivity contribution in [3.63, 3.8) is 0 Å². The van der Waals surface area contributed by atoms with E-state index in [9.17, 15) is 0 Å². The van der Waals surface area contributed by atoms with Crippen LogP contribution in [0.25, 0.3) is 11.4 Å². The lowest BCUT2D eigenvalue weighted by molar-refractivity contribution is 1.03. The number of aryl methyl sites for hydroxylation is 1. The second-order valence-electron chi connectivity index (χ2n) is 4.63. The second-order valence-corrected chi connectivity index (χ2v) is 5.44. The van der Waals surface area contributed by atoms with Gasteiger partial charge in [0, 0.05) is 11.3 Å². The van der Waals surface area contributed by atoms with Gasteiger partial charge in [-0.2, -0.15) is 5.10 Å². The number of anilines is 1. The molecule has 2 N–H and O–H groups in total. The lowest BCUT2D eigenvalue weighted by atomic mass is 10.2. The van der Waals surface area contributed by atoms with Gasteiger partial charge < -0.3 is 5.32 Å². The summed E-state index contributed by atoms with van der Waals surface area (Å²) in [5.74, 6) is 1.51. The molecule has 21 heavy (non-hydrogen) atoms. The van der Waals surface area contributed by atoms with E-state index in [1.54, 1.807) is 0 Å².